The predicted octanol–water partition coefficient (Wildman–Crippen LogP) is 2.75. The SMILES string of the molecule is CNS(=O)(=O)c1ccc(CNC(=O)CCc2ccc(Br)cc2F)cc1. The first-order valence-corrected chi connectivity index (χ1v) is 9.82. The van der Waals surface area contributed by atoms with Crippen molar-refractivity contribution in [2.75, 3.05) is 7.05 Å². The summed E-state index contributed by atoms with van der Waals surface area (Å²) in [7, 11) is -2.12. The minimum absolute atomic E-state index is 0.163. The van der Waals surface area contributed by atoms with Gasteiger partial charge < -0.3 is 5.32 Å². The van der Waals surface area contributed by atoms with Gasteiger partial charge in [-0.25, -0.2) is 17.5 Å². The van der Waals surface area contributed by atoms with Crippen LogP contribution in [0.15, 0.2) is 51.8 Å². The lowest BCUT2D eigenvalue weighted by Crippen LogP contribution is -2.23. The normalized spacial score (nSPS) is 11.3. The molecule has 0 unspecified atom stereocenters. The summed E-state index contributed by atoms with van der Waals surface area (Å²) < 4.78 is 39.9. The molecule has 0 radical (unpaired) electrons. The molecule has 0 saturated carbocycles. The van der Waals surface area contributed by atoms with Gasteiger partial charge in [-0.3, -0.25) is 4.79 Å². The Bertz CT molecular complexity index is 855. The predicted molar refractivity (Wildman–Crippen MR) is 97.0 cm³/mol. The second-order valence-corrected chi connectivity index (χ2v) is 8.17. The maximum atomic E-state index is 13.7. The van der Waals surface area contributed by atoms with Crippen molar-refractivity contribution < 1.29 is 17.6 Å². The summed E-state index contributed by atoms with van der Waals surface area (Å²) >= 11 is 3.19. The molecule has 0 aromatic heterocycles. The van der Waals surface area contributed by atoms with Crippen molar-refractivity contribution in [1.82, 2.24) is 10.0 Å². The first-order chi connectivity index (χ1) is 11.8. The lowest BCUT2D eigenvalue weighted by atomic mass is 10.1. The third-order valence-electron chi connectivity index (χ3n) is 3.63. The molecule has 2 aromatic carbocycles. The summed E-state index contributed by atoms with van der Waals surface area (Å²) in [6.45, 7) is 0.279. The minimum atomic E-state index is -3.47. The van der Waals surface area contributed by atoms with Crippen LogP contribution in [0, 0.1) is 5.82 Å². The quantitative estimate of drug-likeness (QED) is 0.711. The molecule has 0 atom stereocenters. The molecule has 2 aromatic rings. The Labute approximate surface area is 154 Å². The molecule has 2 rings (SSSR count). The van der Waals surface area contributed by atoms with Gasteiger partial charge in [-0.05, 0) is 48.9 Å². The smallest absolute Gasteiger partial charge is 0.240 e. The summed E-state index contributed by atoms with van der Waals surface area (Å²) in [5.74, 6) is -0.544. The number of rotatable bonds is 7. The maximum Gasteiger partial charge on any atom is 0.240 e. The molecule has 0 saturated heterocycles. The third-order valence-corrected chi connectivity index (χ3v) is 5.55. The van der Waals surface area contributed by atoms with E-state index in [4.69, 9.17) is 0 Å². The molecule has 0 heterocycles. The van der Waals surface area contributed by atoms with E-state index in [0.717, 1.165) is 5.56 Å². The number of carbonyl (C=O) groups excluding carboxylic acids is 1. The second kappa shape index (κ2) is 8.55. The van der Waals surface area contributed by atoms with E-state index in [2.05, 4.69) is 26.0 Å². The van der Waals surface area contributed by atoms with Gasteiger partial charge in [0.2, 0.25) is 15.9 Å². The Morgan fingerprint density at radius 2 is 1.84 bits per heavy atom. The molecule has 8 heteroatoms. The number of carbonyl (C=O) groups is 1. The molecular weight excluding hydrogens is 411 g/mol. The number of amides is 1. The Kier molecular flexibility index (Phi) is 6.69. The fourth-order valence-electron chi connectivity index (χ4n) is 2.17. The molecule has 0 fully saturated rings. The van der Waals surface area contributed by atoms with Crippen molar-refractivity contribution >= 4 is 31.9 Å². The van der Waals surface area contributed by atoms with Crippen molar-refractivity contribution in [1.29, 1.82) is 0 Å². The zero-order valence-electron chi connectivity index (χ0n) is 13.6. The van der Waals surface area contributed by atoms with E-state index >= 15 is 0 Å². The zero-order valence-corrected chi connectivity index (χ0v) is 16.0. The number of hydrogen-bond donors (Lipinski definition) is 2. The van der Waals surface area contributed by atoms with Crippen LogP contribution >= 0.6 is 15.9 Å². The van der Waals surface area contributed by atoms with Crippen molar-refractivity contribution in [3.05, 3.63) is 63.9 Å². The van der Waals surface area contributed by atoms with Crippen LogP contribution in [0.2, 0.25) is 0 Å². The van der Waals surface area contributed by atoms with E-state index in [1.165, 1.54) is 25.2 Å². The van der Waals surface area contributed by atoms with Crippen molar-refractivity contribution in [2.24, 2.45) is 0 Å². The van der Waals surface area contributed by atoms with E-state index in [0.29, 0.717) is 16.5 Å². The van der Waals surface area contributed by atoms with Crippen LogP contribution in [-0.2, 0) is 27.8 Å². The van der Waals surface area contributed by atoms with E-state index in [9.17, 15) is 17.6 Å². The highest BCUT2D eigenvalue weighted by Crippen LogP contribution is 2.16. The summed E-state index contributed by atoms with van der Waals surface area (Å²) in [5, 5.41) is 2.74. The Morgan fingerprint density at radius 3 is 2.44 bits per heavy atom. The molecule has 25 heavy (non-hydrogen) atoms. The zero-order chi connectivity index (χ0) is 18.4. The molecule has 0 spiro atoms. The number of sulfonamides is 1. The fraction of sp³-hybridized carbons (Fsp3) is 0.235. The fourth-order valence-corrected chi connectivity index (χ4v) is 3.23. The summed E-state index contributed by atoms with van der Waals surface area (Å²) in [6.07, 6.45) is 0.481. The highest BCUT2D eigenvalue weighted by Gasteiger charge is 2.11. The van der Waals surface area contributed by atoms with Crippen LogP contribution in [-0.4, -0.2) is 21.4 Å². The molecule has 0 aliphatic rings. The van der Waals surface area contributed by atoms with Crippen LogP contribution in [0.1, 0.15) is 17.5 Å². The van der Waals surface area contributed by atoms with Gasteiger partial charge in [0.1, 0.15) is 5.82 Å². The highest BCUT2D eigenvalue weighted by atomic mass is 79.9. The minimum Gasteiger partial charge on any atom is -0.352 e. The van der Waals surface area contributed by atoms with E-state index in [-0.39, 0.29) is 29.6 Å². The molecule has 5 nitrogen and oxygen atoms in total. The average Bonchev–Trinajstić information content (AvgIpc) is 2.59. The van der Waals surface area contributed by atoms with E-state index in [1.54, 1.807) is 24.3 Å². The van der Waals surface area contributed by atoms with Crippen molar-refractivity contribution in [2.45, 2.75) is 24.3 Å². The Hall–Kier alpha value is -1.77. The number of hydrogen-bond acceptors (Lipinski definition) is 3. The van der Waals surface area contributed by atoms with Crippen LogP contribution in [0.5, 0.6) is 0 Å². The Balaban J connectivity index is 1.85. The van der Waals surface area contributed by atoms with Gasteiger partial charge in [-0.1, -0.05) is 34.1 Å². The first-order valence-electron chi connectivity index (χ1n) is 7.55. The standard InChI is InChI=1S/C17H18BrFN2O3S/c1-20-25(23,24)15-7-2-12(3-8-15)11-21-17(22)9-5-13-4-6-14(18)10-16(13)19/h2-4,6-8,10,20H,5,9,11H2,1H3,(H,21,22). The second-order valence-electron chi connectivity index (χ2n) is 5.36. The molecule has 0 aliphatic carbocycles. The molecular formula is C17H18BrFN2O3S. The number of aryl methyl sites for hydroxylation is 1. The van der Waals surface area contributed by atoms with Gasteiger partial charge in [0.05, 0.1) is 4.90 Å². The van der Waals surface area contributed by atoms with Gasteiger partial charge in [0, 0.05) is 17.4 Å². The largest absolute Gasteiger partial charge is 0.352 e. The summed E-state index contributed by atoms with van der Waals surface area (Å²) in [5.41, 5.74) is 1.26. The number of halogens is 2. The van der Waals surface area contributed by atoms with Crippen molar-refractivity contribution in [3.8, 4) is 0 Å². The van der Waals surface area contributed by atoms with Gasteiger partial charge >= 0.3 is 0 Å². The summed E-state index contributed by atoms with van der Waals surface area (Å²) in [6, 6.07) is 11.0. The lowest BCUT2D eigenvalue weighted by Gasteiger charge is -2.08. The molecule has 0 aliphatic heterocycles. The lowest BCUT2D eigenvalue weighted by molar-refractivity contribution is -0.121. The van der Waals surface area contributed by atoms with E-state index in [1.807, 2.05) is 0 Å². The van der Waals surface area contributed by atoms with Gasteiger partial charge in [-0.2, -0.15) is 0 Å². The van der Waals surface area contributed by atoms with Crippen LogP contribution in [0.4, 0.5) is 4.39 Å². The van der Waals surface area contributed by atoms with Crippen molar-refractivity contribution in [3.63, 3.8) is 0 Å². The Morgan fingerprint density at radius 1 is 1.16 bits per heavy atom. The van der Waals surface area contributed by atoms with E-state index < -0.39 is 10.0 Å². The third kappa shape index (κ3) is 5.62. The van der Waals surface area contributed by atoms with Crippen LogP contribution in [0.25, 0.3) is 0 Å². The monoisotopic (exact) mass is 428 g/mol. The number of benzene rings is 2. The maximum absolute atomic E-state index is 13.7. The van der Waals surface area contributed by atoms with Gasteiger partial charge in [0.25, 0.3) is 0 Å². The molecule has 0 bridgehead atoms. The molecule has 134 valence electrons. The number of nitrogens with one attached hydrogen (secondary N) is 2. The van der Waals surface area contributed by atoms with Gasteiger partial charge in [0.15, 0.2) is 0 Å². The molecule has 2 N–H and O–H groups in total. The average molecular weight is 429 g/mol. The van der Waals surface area contributed by atoms with Gasteiger partial charge in [-0.15, -0.1) is 0 Å². The molecule has 1 amide bonds. The summed E-state index contributed by atoms with van der Waals surface area (Å²) in [4.78, 5) is 12.1. The first kappa shape index (κ1) is 19.6. The highest BCUT2D eigenvalue weighted by molar-refractivity contribution is 9.10. The van der Waals surface area contributed by atoms with Crippen LogP contribution < -0.4 is 10.0 Å². The topological polar surface area (TPSA) is 75.3 Å². The van der Waals surface area contributed by atoms with Crippen LogP contribution in [0.3, 0.4) is 0 Å².